The van der Waals surface area contributed by atoms with Crippen molar-refractivity contribution in [2.75, 3.05) is 20.1 Å². The van der Waals surface area contributed by atoms with Crippen molar-refractivity contribution in [3.63, 3.8) is 0 Å². The summed E-state index contributed by atoms with van der Waals surface area (Å²) in [5, 5.41) is 0. The molecule has 0 N–H and O–H groups in total. The molecule has 7 heteroatoms. The minimum absolute atomic E-state index is 0.0287. The highest BCUT2D eigenvalue weighted by Crippen LogP contribution is 2.22. The molecule has 1 aliphatic heterocycles. The van der Waals surface area contributed by atoms with Crippen LogP contribution in [0.2, 0.25) is 0 Å². The Kier molecular flexibility index (Phi) is 6.34. The number of hydrogen-bond acceptors (Lipinski definition) is 4. The van der Waals surface area contributed by atoms with Gasteiger partial charge in [-0.05, 0) is 51.7 Å². The minimum Gasteiger partial charge on any atom is -0.444 e. The number of amides is 1. The van der Waals surface area contributed by atoms with Crippen molar-refractivity contribution in [1.29, 1.82) is 0 Å². The molecular formula is C19H30N2O4S. The quantitative estimate of drug-likeness (QED) is 0.802. The van der Waals surface area contributed by atoms with E-state index in [0.29, 0.717) is 13.1 Å². The fourth-order valence-corrected chi connectivity index (χ4v) is 4.59. The van der Waals surface area contributed by atoms with Crippen molar-refractivity contribution in [3.8, 4) is 0 Å². The summed E-state index contributed by atoms with van der Waals surface area (Å²) >= 11 is 0. The minimum atomic E-state index is -3.47. The molecule has 1 amide bonds. The van der Waals surface area contributed by atoms with E-state index in [0.717, 1.165) is 24.0 Å². The molecule has 0 aliphatic carbocycles. The zero-order chi connectivity index (χ0) is 19.5. The van der Waals surface area contributed by atoms with E-state index >= 15 is 0 Å². The third kappa shape index (κ3) is 5.45. The summed E-state index contributed by atoms with van der Waals surface area (Å²) in [5.41, 5.74) is 1.20. The Morgan fingerprint density at radius 3 is 2.58 bits per heavy atom. The predicted molar refractivity (Wildman–Crippen MR) is 102 cm³/mol. The van der Waals surface area contributed by atoms with Gasteiger partial charge in [-0.25, -0.2) is 13.2 Å². The number of hydrogen-bond donors (Lipinski definition) is 0. The first-order valence-corrected chi connectivity index (χ1v) is 10.6. The Hall–Kier alpha value is -1.60. The lowest BCUT2D eigenvalue weighted by Crippen LogP contribution is -2.51. The molecule has 0 spiro atoms. The largest absolute Gasteiger partial charge is 0.444 e. The molecule has 146 valence electrons. The number of benzene rings is 1. The number of sulfonamides is 1. The van der Waals surface area contributed by atoms with Gasteiger partial charge in [0.05, 0.1) is 5.75 Å². The summed E-state index contributed by atoms with van der Waals surface area (Å²) in [4.78, 5) is 13.9. The summed E-state index contributed by atoms with van der Waals surface area (Å²) in [6, 6.07) is 7.27. The first-order chi connectivity index (χ1) is 12.0. The molecule has 0 radical (unpaired) electrons. The summed E-state index contributed by atoms with van der Waals surface area (Å²) in [6.45, 7) is 8.34. The number of ether oxygens (including phenoxy) is 1. The smallest absolute Gasteiger partial charge is 0.410 e. The average molecular weight is 383 g/mol. The predicted octanol–water partition coefficient (Wildman–Crippen LogP) is 3.16. The third-order valence-corrected chi connectivity index (χ3v) is 6.45. The molecule has 1 aliphatic rings. The summed E-state index contributed by atoms with van der Waals surface area (Å²) in [5.74, 6) is -0.0287. The Balaban J connectivity index is 2.07. The van der Waals surface area contributed by atoms with Crippen molar-refractivity contribution in [1.82, 2.24) is 9.21 Å². The first kappa shape index (κ1) is 20.7. The second-order valence-corrected chi connectivity index (χ2v) is 9.95. The van der Waals surface area contributed by atoms with Gasteiger partial charge in [-0.15, -0.1) is 0 Å². The van der Waals surface area contributed by atoms with Crippen LogP contribution in [0, 0.1) is 6.92 Å². The number of carbonyl (C=O) groups excluding carboxylic acids is 1. The van der Waals surface area contributed by atoms with Crippen LogP contribution < -0.4 is 0 Å². The first-order valence-electron chi connectivity index (χ1n) is 8.98. The van der Waals surface area contributed by atoms with Crippen molar-refractivity contribution >= 4 is 16.1 Å². The summed E-state index contributed by atoms with van der Waals surface area (Å²) < 4.78 is 32.5. The lowest BCUT2D eigenvalue weighted by Gasteiger charge is -2.37. The van der Waals surface area contributed by atoms with Crippen LogP contribution in [0.3, 0.4) is 0 Å². The van der Waals surface area contributed by atoms with Gasteiger partial charge < -0.3 is 9.64 Å². The molecule has 0 unspecified atom stereocenters. The molecule has 0 aromatic heterocycles. The van der Waals surface area contributed by atoms with Crippen LogP contribution >= 0.6 is 0 Å². The molecular weight excluding hydrogens is 352 g/mol. The fourth-order valence-electron chi connectivity index (χ4n) is 3.04. The van der Waals surface area contributed by atoms with Crippen molar-refractivity contribution in [2.24, 2.45) is 0 Å². The van der Waals surface area contributed by atoms with Gasteiger partial charge in [-0.2, -0.15) is 4.31 Å². The van der Waals surface area contributed by atoms with Crippen LogP contribution in [0.15, 0.2) is 24.3 Å². The number of aryl methyl sites for hydroxylation is 1. The molecule has 2 rings (SSSR count). The highest BCUT2D eigenvalue weighted by molar-refractivity contribution is 7.88. The van der Waals surface area contributed by atoms with Crippen LogP contribution in [0.4, 0.5) is 4.79 Å². The molecule has 1 saturated heterocycles. The van der Waals surface area contributed by atoms with Gasteiger partial charge in [0.1, 0.15) is 5.60 Å². The third-order valence-electron chi connectivity index (χ3n) is 4.60. The van der Waals surface area contributed by atoms with E-state index in [9.17, 15) is 13.2 Å². The number of nitrogens with zero attached hydrogens (tertiary/aromatic N) is 2. The van der Waals surface area contributed by atoms with E-state index in [4.69, 9.17) is 4.74 Å². The normalized spacial score (nSPS) is 18.8. The van der Waals surface area contributed by atoms with Crippen LogP contribution in [-0.2, 0) is 20.5 Å². The Bertz CT molecular complexity index is 740. The monoisotopic (exact) mass is 382 g/mol. The molecule has 0 saturated carbocycles. The standard InChI is InChI=1S/C19H30N2O4S/c1-15-9-6-7-10-16(15)14-26(23,24)20(5)17-11-8-12-21(13-17)18(22)25-19(2,3)4/h6-7,9-10,17H,8,11-14H2,1-5H3/t17-/m0/s1. The van der Waals surface area contributed by atoms with Crippen molar-refractivity contribution in [2.45, 2.75) is 57.9 Å². The number of piperidine rings is 1. The maximum Gasteiger partial charge on any atom is 0.410 e. The van der Waals surface area contributed by atoms with E-state index in [2.05, 4.69) is 0 Å². The topological polar surface area (TPSA) is 66.9 Å². The van der Waals surface area contributed by atoms with Crippen LogP contribution in [0.5, 0.6) is 0 Å². The maximum absolute atomic E-state index is 12.8. The molecule has 1 heterocycles. The molecule has 0 bridgehead atoms. The van der Waals surface area contributed by atoms with Crippen molar-refractivity contribution < 1.29 is 17.9 Å². The van der Waals surface area contributed by atoms with Crippen molar-refractivity contribution in [3.05, 3.63) is 35.4 Å². The molecule has 1 fully saturated rings. The number of rotatable bonds is 4. The molecule has 1 aromatic rings. The van der Waals surface area contributed by atoms with Gasteiger partial charge >= 0.3 is 6.09 Å². The SMILES string of the molecule is Cc1ccccc1CS(=O)(=O)N(C)[C@H]1CCCN(C(=O)OC(C)(C)C)C1. The molecule has 1 atom stereocenters. The second-order valence-electron chi connectivity index (χ2n) is 7.92. The zero-order valence-electron chi connectivity index (χ0n) is 16.4. The lowest BCUT2D eigenvalue weighted by molar-refractivity contribution is 0.0163. The van der Waals surface area contributed by atoms with E-state index in [1.165, 1.54) is 4.31 Å². The maximum atomic E-state index is 12.8. The van der Waals surface area contributed by atoms with Crippen LogP contribution in [0.1, 0.15) is 44.7 Å². The van der Waals surface area contributed by atoms with Gasteiger partial charge in [-0.3, -0.25) is 0 Å². The highest BCUT2D eigenvalue weighted by Gasteiger charge is 2.33. The Morgan fingerprint density at radius 1 is 1.31 bits per heavy atom. The van der Waals surface area contributed by atoms with Gasteiger partial charge in [0.25, 0.3) is 0 Å². The second kappa shape index (κ2) is 7.96. The fraction of sp³-hybridized carbons (Fsp3) is 0.632. The highest BCUT2D eigenvalue weighted by atomic mass is 32.2. The van der Waals surface area contributed by atoms with E-state index in [-0.39, 0.29) is 17.9 Å². The lowest BCUT2D eigenvalue weighted by atomic mass is 10.1. The Morgan fingerprint density at radius 2 is 1.96 bits per heavy atom. The average Bonchev–Trinajstić information content (AvgIpc) is 2.54. The number of likely N-dealkylation sites (N-methyl/N-ethyl adjacent to an activating group) is 1. The number of likely N-dealkylation sites (tertiary alicyclic amines) is 1. The van der Waals surface area contributed by atoms with E-state index < -0.39 is 15.6 Å². The van der Waals surface area contributed by atoms with Crippen LogP contribution in [-0.4, -0.2) is 55.5 Å². The molecule has 1 aromatic carbocycles. The summed E-state index contributed by atoms with van der Waals surface area (Å²) in [7, 11) is -1.86. The van der Waals surface area contributed by atoms with Crippen LogP contribution in [0.25, 0.3) is 0 Å². The van der Waals surface area contributed by atoms with E-state index in [1.807, 2.05) is 52.0 Å². The van der Waals surface area contributed by atoms with Gasteiger partial charge in [0.2, 0.25) is 10.0 Å². The molecule has 6 nitrogen and oxygen atoms in total. The van der Waals surface area contributed by atoms with Gasteiger partial charge in [0, 0.05) is 26.2 Å². The summed E-state index contributed by atoms with van der Waals surface area (Å²) in [6.07, 6.45) is 1.11. The van der Waals surface area contributed by atoms with Gasteiger partial charge in [-0.1, -0.05) is 24.3 Å². The van der Waals surface area contributed by atoms with Gasteiger partial charge in [0.15, 0.2) is 0 Å². The Labute approximate surface area is 157 Å². The van der Waals surface area contributed by atoms with E-state index in [1.54, 1.807) is 11.9 Å². The molecule has 26 heavy (non-hydrogen) atoms. The zero-order valence-corrected chi connectivity index (χ0v) is 17.2. The number of carbonyl (C=O) groups is 1.